The van der Waals surface area contributed by atoms with Crippen LogP contribution in [-0.2, 0) is 26.7 Å². The Labute approximate surface area is 125 Å². The molecule has 0 unspecified atom stereocenters. The third-order valence-electron chi connectivity index (χ3n) is 3.08. The van der Waals surface area contributed by atoms with Gasteiger partial charge in [0.2, 0.25) is 0 Å². The van der Waals surface area contributed by atoms with Crippen molar-refractivity contribution in [3.63, 3.8) is 0 Å². The fourth-order valence-electron chi connectivity index (χ4n) is 2.21. The molecule has 0 aromatic heterocycles. The maximum atomic E-state index is 11.0. The molecule has 0 aliphatic heterocycles. The molecule has 8 heteroatoms. The van der Waals surface area contributed by atoms with Crippen molar-refractivity contribution in [2.45, 2.75) is 25.7 Å². The van der Waals surface area contributed by atoms with Crippen molar-refractivity contribution in [2.75, 3.05) is 11.5 Å². The number of unbranched alkanes of at least 4 members (excludes halogenated alkanes) is 1. The van der Waals surface area contributed by atoms with Crippen LogP contribution in [0.4, 0.5) is 0 Å². The summed E-state index contributed by atoms with van der Waals surface area (Å²) in [5.41, 5.74) is 0.959. The number of benzene rings is 1. The SMILES string of the molecule is O=S(=O)(O)CCCC[C@H](Cc1ccccc1)CS(=O)(=O)O. The molecular weight excluding hydrogens is 316 g/mol. The molecule has 0 aliphatic rings. The number of hydrogen-bond acceptors (Lipinski definition) is 4. The summed E-state index contributed by atoms with van der Waals surface area (Å²) in [4.78, 5) is 0. The first-order chi connectivity index (χ1) is 9.66. The Morgan fingerprint density at radius 3 is 2.05 bits per heavy atom. The number of rotatable bonds is 9. The van der Waals surface area contributed by atoms with Crippen LogP contribution in [-0.4, -0.2) is 37.4 Å². The van der Waals surface area contributed by atoms with Gasteiger partial charge in [0.1, 0.15) is 0 Å². The first-order valence-electron chi connectivity index (χ1n) is 6.60. The van der Waals surface area contributed by atoms with Gasteiger partial charge in [0.15, 0.2) is 0 Å². The zero-order valence-corrected chi connectivity index (χ0v) is 13.2. The lowest BCUT2D eigenvalue weighted by atomic mass is 9.96. The van der Waals surface area contributed by atoms with E-state index in [0.29, 0.717) is 19.3 Å². The van der Waals surface area contributed by atoms with Gasteiger partial charge >= 0.3 is 0 Å². The zero-order chi connectivity index (χ0) is 15.9. The van der Waals surface area contributed by atoms with E-state index in [1.165, 1.54) is 0 Å². The van der Waals surface area contributed by atoms with E-state index in [9.17, 15) is 16.8 Å². The van der Waals surface area contributed by atoms with Crippen LogP contribution in [0.5, 0.6) is 0 Å². The van der Waals surface area contributed by atoms with Gasteiger partial charge in [-0.25, -0.2) is 0 Å². The van der Waals surface area contributed by atoms with Crippen molar-refractivity contribution in [3.05, 3.63) is 35.9 Å². The van der Waals surface area contributed by atoms with E-state index in [1.807, 2.05) is 30.3 Å². The minimum atomic E-state index is -4.08. The lowest BCUT2D eigenvalue weighted by Gasteiger charge is -2.15. The van der Waals surface area contributed by atoms with Crippen molar-refractivity contribution in [3.8, 4) is 0 Å². The van der Waals surface area contributed by atoms with E-state index in [2.05, 4.69) is 0 Å². The van der Waals surface area contributed by atoms with Gasteiger partial charge in [0.25, 0.3) is 20.2 Å². The van der Waals surface area contributed by atoms with Gasteiger partial charge in [0, 0.05) is 0 Å². The van der Waals surface area contributed by atoms with Crippen molar-refractivity contribution in [1.29, 1.82) is 0 Å². The van der Waals surface area contributed by atoms with Crippen molar-refractivity contribution in [2.24, 2.45) is 5.92 Å². The van der Waals surface area contributed by atoms with E-state index in [-0.39, 0.29) is 23.8 Å². The molecule has 21 heavy (non-hydrogen) atoms. The summed E-state index contributed by atoms with van der Waals surface area (Å²) in [6.07, 6.45) is 1.68. The third kappa shape index (κ3) is 9.57. The normalized spacial score (nSPS) is 14.0. The Morgan fingerprint density at radius 2 is 1.52 bits per heavy atom. The molecule has 120 valence electrons. The predicted octanol–water partition coefficient (Wildman–Crippen LogP) is 1.79. The van der Waals surface area contributed by atoms with Crippen LogP contribution in [0.2, 0.25) is 0 Å². The molecule has 0 saturated carbocycles. The molecule has 1 rings (SSSR count). The Bertz CT molecular complexity index is 622. The van der Waals surface area contributed by atoms with Gasteiger partial charge in [-0.05, 0) is 30.7 Å². The third-order valence-corrected chi connectivity index (χ3v) is 4.78. The second-order valence-electron chi connectivity index (χ2n) is 5.09. The smallest absolute Gasteiger partial charge is 0.265 e. The van der Waals surface area contributed by atoms with Crippen LogP contribution in [0, 0.1) is 5.92 Å². The highest BCUT2D eigenvalue weighted by Crippen LogP contribution is 2.17. The van der Waals surface area contributed by atoms with Crippen LogP contribution >= 0.6 is 0 Å². The summed E-state index contributed by atoms with van der Waals surface area (Å²) in [6, 6.07) is 9.29. The quantitative estimate of drug-likeness (QED) is 0.526. The largest absolute Gasteiger partial charge is 0.286 e. The lowest BCUT2D eigenvalue weighted by molar-refractivity contribution is 0.441. The van der Waals surface area contributed by atoms with Crippen molar-refractivity contribution in [1.82, 2.24) is 0 Å². The molecule has 0 spiro atoms. The Hall–Kier alpha value is -0.960. The van der Waals surface area contributed by atoms with Gasteiger partial charge < -0.3 is 0 Å². The molecule has 2 N–H and O–H groups in total. The zero-order valence-electron chi connectivity index (χ0n) is 11.6. The standard InChI is InChI=1S/C13H20O6S2/c14-20(15,16)9-5-4-8-13(11-21(17,18)19)10-12-6-2-1-3-7-12/h1-3,6-7,13H,4-5,8-11H2,(H,14,15,16)(H,17,18,19)/t13-/m1/s1. The molecule has 0 amide bonds. The molecule has 0 fully saturated rings. The van der Waals surface area contributed by atoms with E-state index < -0.39 is 20.2 Å². The van der Waals surface area contributed by atoms with Gasteiger partial charge in [0.05, 0.1) is 11.5 Å². The average Bonchev–Trinajstić information content (AvgIpc) is 2.33. The first kappa shape index (κ1) is 18.1. The topological polar surface area (TPSA) is 109 Å². The van der Waals surface area contributed by atoms with Crippen molar-refractivity contribution >= 4 is 20.2 Å². The molecule has 0 bridgehead atoms. The first-order valence-corrected chi connectivity index (χ1v) is 9.82. The molecule has 6 nitrogen and oxygen atoms in total. The van der Waals surface area contributed by atoms with Crippen molar-refractivity contribution < 1.29 is 25.9 Å². The number of hydrogen-bond donors (Lipinski definition) is 2. The second kappa shape index (κ2) is 7.88. The molecule has 0 saturated heterocycles. The van der Waals surface area contributed by atoms with Crippen LogP contribution in [0.3, 0.4) is 0 Å². The fraction of sp³-hybridized carbons (Fsp3) is 0.538. The molecule has 0 heterocycles. The molecule has 0 aliphatic carbocycles. The molecule has 1 aromatic rings. The summed E-state index contributed by atoms with van der Waals surface area (Å²) in [5.74, 6) is -0.978. The summed E-state index contributed by atoms with van der Waals surface area (Å²) < 4.78 is 60.9. The van der Waals surface area contributed by atoms with Gasteiger partial charge in [-0.1, -0.05) is 36.8 Å². The predicted molar refractivity (Wildman–Crippen MR) is 80.3 cm³/mol. The van der Waals surface area contributed by atoms with Crippen LogP contribution < -0.4 is 0 Å². The summed E-state index contributed by atoms with van der Waals surface area (Å²) in [6.45, 7) is 0. The van der Waals surface area contributed by atoms with Gasteiger partial charge in [-0.15, -0.1) is 0 Å². The van der Waals surface area contributed by atoms with Gasteiger partial charge in [-0.3, -0.25) is 9.11 Å². The summed E-state index contributed by atoms with van der Waals surface area (Å²) in [5, 5.41) is 0. The minimum absolute atomic E-state index is 0.260. The van der Waals surface area contributed by atoms with Gasteiger partial charge in [-0.2, -0.15) is 16.8 Å². The van der Waals surface area contributed by atoms with Crippen LogP contribution in [0.15, 0.2) is 30.3 Å². The van der Waals surface area contributed by atoms with Crippen LogP contribution in [0.1, 0.15) is 24.8 Å². The molecule has 1 atom stereocenters. The summed E-state index contributed by atoms with van der Waals surface area (Å²) >= 11 is 0. The van der Waals surface area contributed by atoms with E-state index >= 15 is 0 Å². The van der Waals surface area contributed by atoms with Crippen LogP contribution in [0.25, 0.3) is 0 Å². The lowest BCUT2D eigenvalue weighted by Crippen LogP contribution is -2.18. The molecule has 1 aromatic carbocycles. The minimum Gasteiger partial charge on any atom is -0.286 e. The Balaban J connectivity index is 2.57. The molecule has 0 radical (unpaired) electrons. The fourth-order valence-corrected chi connectivity index (χ4v) is 3.66. The molecular formula is C13H20O6S2. The highest BCUT2D eigenvalue weighted by Gasteiger charge is 2.17. The van der Waals surface area contributed by atoms with E-state index in [4.69, 9.17) is 9.11 Å². The highest BCUT2D eigenvalue weighted by molar-refractivity contribution is 7.86. The monoisotopic (exact) mass is 336 g/mol. The Kier molecular flexibility index (Phi) is 6.79. The maximum Gasteiger partial charge on any atom is 0.265 e. The maximum absolute atomic E-state index is 11.0. The Morgan fingerprint density at radius 1 is 0.905 bits per heavy atom. The second-order valence-corrected chi connectivity index (χ2v) is 8.16. The van der Waals surface area contributed by atoms with E-state index in [1.54, 1.807) is 0 Å². The van der Waals surface area contributed by atoms with E-state index in [0.717, 1.165) is 5.56 Å². The summed E-state index contributed by atoms with van der Waals surface area (Å²) in [7, 11) is -8.06. The highest BCUT2D eigenvalue weighted by atomic mass is 32.2. The average molecular weight is 336 g/mol.